The first-order chi connectivity index (χ1) is 15.3. The molecule has 1 aliphatic rings. The van der Waals surface area contributed by atoms with E-state index in [4.69, 9.17) is 4.74 Å². The lowest BCUT2D eigenvalue weighted by Crippen LogP contribution is -2.40. The second kappa shape index (κ2) is 10.7. The SMILES string of the molecule is O=C1NC(=O)C(Nc2ccc(OC[C@@H](O)CN(CCc3ccccc3)C(=O)O)cc2O)S1. The molecular weight excluding hydrogens is 438 g/mol. The molecule has 0 radical (unpaired) electrons. The molecule has 2 aromatic carbocycles. The second-order valence-electron chi connectivity index (χ2n) is 7.03. The van der Waals surface area contributed by atoms with Crippen molar-refractivity contribution in [1.29, 1.82) is 0 Å². The molecule has 1 fully saturated rings. The normalized spacial score (nSPS) is 16.3. The average molecular weight is 461 g/mol. The van der Waals surface area contributed by atoms with Crippen LogP contribution in [0.25, 0.3) is 0 Å². The number of phenols is 1. The van der Waals surface area contributed by atoms with Crippen molar-refractivity contribution in [2.24, 2.45) is 0 Å². The number of nitrogens with one attached hydrogen (secondary N) is 2. The highest BCUT2D eigenvalue weighted by Gasteiger charge is 2.32. The van der Waals surface area contributed by atoms with E-state index in [1.165, 1.54) is 18.2 Å². The van der Waals surface area contributed by atoms with E-state index < -0.39 is 28.7 Å². The molecule has 1 heterocycles. The molecule has 1 saturated heterocycles. The van der Waals surface area contributed by atoms with Gasteiger partial charge in [-0.15, -0.1) is 0 Å². The number of phenolic OH excluding ortho intramolecular Hbond substituents is 1. The lowest BCUT2D eigenvalue weighted by atomic mass is 10.1. The molecular formula is C21H23N3O7S. The highest BCUT2D eigenvalue weighted by molar-refractivity contribution is 8.15. The molecule has 1 unspecified atom stereocenters. The average Bonchev–Trinajstić information content (AvgIpc) is 3.08. The number of carbonyl (C=O) groups is 3. The van der Waals surface area contributed by atoms with Gasteiger partial charge in [-0.2, -0.15) is 0 Å². The van der Waals surface area contributed by atoms with Gasteiger partial charge in [-0.05, 0) is 35.9 Å². The molecule has 0 aromatic heterocycles. The second-order valence-corrected chi connectivity index (χ2v) is 8.10. The zero-order chi connectivity index (χ0) is 23.1. The molecule has 1 aliphatic heterocycles. The Morgan fingerprint density at radius 2 is 1.97 bits per heavy atom. The maximum absolute atomic E-state index is 11.6. The summed E-state index contributed by atoms with van der Waals surface area (Å²) >= 11 is 0.767. The van der Waals surface area contributed by atoms with Crippen molar-refractivity contribution in [1.82, 2.24) is 10.2 Å². The highest BCUT2D eigenvalue weighted by Crippen LogP contribution is 2.31. The van der Waals surface area contributed by atoms with E-state index in [2.05, 4.69) is 10.6 Å². The number of aromatic hydroxyl groups is 1. The fraction of sp³-hybridized carbons (Fsp3) is 0.286. The minimum absolute atomic E-state index is 0.129. The lowest BCUT2D eigenvalue weighted by molar-refractivity contribution is -0.118. The van der Waals surface area contributed by atoms with Crippen LogP contribution in [0.2, 0.25) is 0 Å². The summed E-state index contributed by atoms with van der Waals surface area (Å²) < 4.78 is 5.46. The van der Waals surface area contributed by atoms with Crippen LogP contribution in [0.5, 0.6) is 11.5 Å². The number of rotatable bonds is 10. The number of hydrogen-bond acceptors (Lipinski definition) is 8. The highest BCUT2D eigenvalue weighted by atomic mass is 32.2. The molecule has 2 aromatic rings. The number of aliphatic hydroxyl groups excluding tert-OH is 1. The number of nitrogens with zero attached hydrogens (tertiary/aromatic N) is 1. The van der Waals surface area contributed by atoms with E-state index in [1.807, 2.05) is 30.3 Å². The lowest BCUT2D eigenvalue weighted by Gasteiger charge is -2.22. The molecule has 0 saturated carbocycles. The van der Waals surface area contributed by atoms with Crippen molar-refractivity contribution in [3.05, 3.63) is 54.1 Å². The minimum atomic E-state index is -1.14. The van der Waals surface area contributed by atoms with Gasteiger partial charge >= 0.3 is 6.09 Å². The molecule has 0 aliphatic carbocycles. The summed E-state index contributed by atoms with van der Waals surface area (Å²) in [5.41, 5.74) is 1.23. The van der Waals surface area contributed by atoms with Gasteiger partial charge in [0.15, 0.2) is 5.37 Å². The summed E-state index contributed by atoms with van der Waals surface area (Å²) in [4.78, 5) is 35.4. The summed E-state index contributed by atoms with van der Waals surface area (Å²) in [6.07, 6.45) is -1.70. The molecule has 2 atom stereocenters. The molecule has 0 spiro atoms. The first-order valence-electron chi connectivity index (χ1n) is 9.75. The summed E-state index contributed by atoms with van der Waals surface area (Å²) in [6, 6.07) is 13.7. The van der Waals surface area contributed by atoms with Crippen molar-refractivity contribution in [2.75, 3.05) is 25.0 Å². The molecule has 170 valence electrons. The van der Waals surface area contributed by atoms with Gasteiger partial charge in [0, 0.05) is 12.6 Å². The number of carbonyl (C=O) groups excluding carboxylic acids is 2. The number of benzene rings is 2. The number of thioether (sulfide) groups is 1. The van der Waals surface area contributed by atoms with Crippen LogP contribution in [0.1, 0.15) is 5.56 Å². The Kier molecular flexibility index (Phi) is 7.79. The van der Waals surface area contributed by atoms with Gasteiger partial charge in [0.2, 0.25) is 0 Å². The molecule has 5 N–H and O–H groups in total. The third-order valence-electron chi connectivity index (χ3n) is 4.60. The summed E-state index contributed by atoms with van der Waals surface area (Å²) in [5, 5.41) is 33.3. The zero-order valence-electron chi connectivity index (χ0n) is 16.9. The molecule has 11 heteroatoms. The quantitative estimate of drug-likeness (QED) is 0.335. The van der Waals surface area contributed by atoms with Crippen LogP contribution in [0.4, 0.5) is 15.3 Å². The standard InChI is InChI=1S/C21H23N3O7S/c25-14(11-24(21(29)30)9-8-13-4-2-1-3-5-13)12-31-15-6-7-16(17(26)10-15)22-19-18(27)23-20(28)32-19/h1-7,10,14,19,22,25-26H,8-9,11-12H2,(H,29,30)(H,23,27,28)/t14-,19?/m0/s1. The fourth-order valence-corrected chi connectivity index (χ4v) is 3.71. The van der Waals surface area contributed by atoms with E-state index in [1.54, 1.807) is 0 Å². The third kappa shape index (κ3) is 6.53. The maximum Gasteiger partial charge on any atom is 0.407 e. The Balaban J connectivity index is 1.49. The topological polar surface area (TPSA) is 148 Å². The fourth-order valence-electron chi connectivity index (χ4n) is 2.99. The van der Waals surface area contributed by atoms with Crippen molar-refractivity contribution in [3.8, 4) is 11.5 Å². The Morgan fingerprint density at radius 3 is 2.59 bits per heavy atom. The van der Waals surface area contributed by atoms with E-state index >= 15 is 0 Å². The summed E-state index contributed by atoms with van der Waals surface area (Å²) in [6.45, 7) is -0.0840. The number of carboxylic acid groups (broad SMARTS) is 1. The van der Waals surface area contributed by atoms with E-state index in [0.717, 1.165) is 22.2 Å². The van der Waals surface area contributed by atoms with E-state index in [-0.39, 0.29) is 36.9 Å². The molecule has 10 nitrogen and oxygen atoms in total. The molecule has 3 amide bonds. The molecule has 0 bridgehead atoms. The molecule has 3 rings (SSSR count). The number of anilines is 1. The number of hydrogen-bond donors (Lipinski definition) is 5. The Hall–Kier alpha value is -3.44. The smallest absolute Gasteiger partial charge is 0.407 e. The molecule has 32 heavy (non-hydrogen) atoms. The van der Waals surface area contributed by atoms with Crippen LogP contribution in [0.15, 0.2) is 48.5 Å². The van der Waals surface area contributed by atoms with Crippen molar-refractivity contribution in [3.63, 3.8) is 0 Å². The van der Waals surface area contributed by atoms with Crippen LogP contribution in [0, 0.1) is 0 Å². The van der Waals surface area contributed by atoms with Crippen molar-refractivity contribution < 1.29 is 34.4 Å². The van der Waals surface area contributed by atoms with Gasteiger partial charge in [0.1, 0.15) is 24.2 Å². The van der Waals surface area contributed by atoms with Crippen molar-refractivity contribution in [2.45, 2.75) is 17.9 Å². The first kappa shape index (κ1) is 23.2. The Morgan fingerprint density at radius 1 is 1.22 bits per heavy atom. The van der Waals surface area contributed by atoms with Crippen LogP contribution >= 0.6 is 11.8 Å². The van der Waals surface area contributed by atoms with Crippen LogP contribution in [-0.2, 0) is 11.2 Å². The Labute approximate surface area is 188 Å². The summed E-state index contributed by atoms with van der Waals surface area (Å²) in [5.74, 6) is -0.462. The van der Waals surface area contributed by atoms with Gasteiger partial charge in [0.25, 0.3) is 11.1 Å². The van der Waals surface area contributed by atoms with E-state index in [0.29, 0.717) is 6.42 Å². The zero-order valence-corrected chi connectivity index (χ0v) is 17.7. The first-order valence-corrected chi connectivity index (χ1v) is 10.6. The number of ether oxygens (including phenoxy) is 1. The summed E-state index contributed by atoms with van der Waals surface area (Å²) in [7, 11) is 0. The predicted molar refractivity (Wildman–Crippen MR) is 118 cm³/mol. The van der Waals surface area contributed by atoms with Gasteiger partial charge in [0.05, 0.1) is 12.2 Å². The monoisotopic (exact) mass is 461 g/mol. The van der Waals surface area contributed by atoms with Crippen LogP contribution in [-0.4, -0.2) is 68.6 Å². The maximum atomic E-state index is 11.6. The van der Waals surface area contributed by atoms with Crippen LogP contribution < -0.4 is 15.4 Å². The van der Waals surface area contributed by atoms with E-state index in [9.17, 15) is 29.7 Å². The van der Waals surface area contributed by atoms with Gasteiger partial charge in [-0.1, -0.05) is 30.3 Å². The predicted octanol–water partition coefficient (Wildman–Crippen LogP) is 2.08. The number of amides is 3. The van der Waals surface area contributed by atoms with Gasteiger partial charge in [-0.25, -0.2) is 4.79 Å². The number of aliphatic hydroxyl groups is 1. The van der Waals surface area contributed by atoms with Crippen molar-refractivity contribution >= 4 is 34.7 Å². The third-order valence-corrected chi connectivity index (χ3v) is 5.49. The number of imide groups is 1. The van der Waals surface area contributed by atoms with Gasteiger partial charge in [-0.3, -0.25) is 14.9 Å². The largest absolute Gasteiger partial charge is 0.506 e. The Bertz CT molecular complexity index is 973. The van der Waals surface area contributed by atoms with Gasteiger partial charge < -0.3 is 30.3 Å². The minimum Gasteiger partial charge on any atom is -0.506 e. The van der Waals surface area contributed by atoms with Crippen LogP contribution in [0.3, 0.4) is 0 Å².